The van der Waals surface area contributed by atoms with Crippen LogP contribution in [-0.2, 0) is 26.2 Å². The average Bonchev–Trinajstić information content (AvgIpc) is 3.31. The van der Waals surface area contributed by atoms with Gasteiger partial charge in [-0.15, -0.1) is 0 Å². The number of likely N-dealkylation sites (N-methyl/N-ethyl adjacent to an activating group) is 1. The topological polar surface area (TPSA) is 88.2 Å². The van der Waals surface area contributed by atoms with Gasteiger partial charge < -0.3 is 19.5 Å². The van der Waals surface area contributed by atoms with Crippen molar-refractivity contribution in [2.75, 3.05) is 13.6 Å². The molecule has 2 aromatic rings. The number of urea groups is 1. The monoisotopic (exact) mass is 479 g/mol. The molecule has 0 unspecified atom stereocenters. The third kappa shape index (κ3) is 3.54. The fourth-order valence-electron chi connectivity index (χ4n) is 4.74. The van der Waals surface area contributed by atoms with Gasteiger partial charge in [0, 0.05) is 19.2 Å². The normalized spacial score (nSPS) is 24.9. The molecule has 0 saturated carbocycles. The summed E-state index contributed by atoms with van der Waals surface area (Å²) >= 11 is 0. The molecule has 3 heterocycles. The van der Waals surface area contributed by atoms with Crippen LogP contribution in [0.4, 0.5) is 9.18 Å². The highest BCUT2D eigenvalue weighted by atomic mass is 19.1. The van der Waals surface area contributed by atoms with Crippen molar-refractivity contribution in [3.05, 3.63) is 65.0 Å². The van der Waals surface area contributed by atoms with E-state index in [1.807, 2.05) is 27.7 Å². The highest BCUT2D eigenvalue weighted by Crippen LogP contribution is 2.37. The summed E-state index contributed by atoms with van der Waals surface area (Å²) in [6, 6.07) is 10.6. The molecule has 2 aromatic carbocycles. The second-order valence-corrected chi connectivity index (χ2v) is 10.4. The maximum atomic E-state index is 13.7. The number of imide groups is 1. The number of fused-ring (bicyclic) bond motifs is 1. The zero-order chi connectivity index (χ0) is 25.3. The molecule has 2 fully saturated rings. The van der Waals surface area contributed by atoms with E-state index in [1.165, 1.54) is 24.1 Å². The lowest BCUT2D eigenvalue weighted by Gasteiger charge is -2.32. The first-order valence-electron chi connectivity index (χ1n) is 11.5. The molecule has 10 heteroatoms. The van der Waals surface area contributed by atoms with Gasteiger partial charge in [0.15, 0.2) is 5.54 Å². The van der Waals surface area contributed by atoms with Crippen molar-refractivity contribution < 1.29 is 28.1 Å². The zero-order valence-corrected chi connectivity index (χ0v) is 20.3. The van der Waals surface area contributed by atoms with Gasteiger partial charge in [-0.1, -0.05) is 30.3 Å². The van der Waals surface area contributed by atoms with Gasteiger partial charge in [0.05, 0.1) is 17.7 Å². The van der Waals surface area contributed by atoms with E-state index >= 15 is 0 Å². The van der Waals surface area contributed by atoms with E-state index in [0.717, 1.165) is 10.4 Å². The Hall–Kier alpha value is -3.24. The molecule has 0 spiro atoms. The van der Waals surface area contributed by atoms with Crippen LogP contribution >= 0.6 is 0 Å². The Labute approximate surface area is 203 Å². The molecule has 0 aromatic heterocycles. The van der Waals surface area contributed by atoms with E-state index in [0.29, 0.717) is 11.1 Å². The van der Waals surface area contributed by atoms with E-state index in [-0.39, 0.29) is 24.6 Å². The van der Waals surface area contributed by atoms with Crippen molar-refractivity contribution in [1.29, 1.82) is 0 Å². The van der Waals surface area contributed by atoms with Crippen molar-refractivity contribution in [3.8, 4) is 0 Å². The highest BCUT2D eigenvalue weighted by molar-refractivity contribution is 6.62. The molecule has 35 heavy (non-hydrogen) atoms. The van der Waals surface area contributed by atoms with Crippen molar-refractivity contribution in [2.45, 2.75) is 51.0 Å². The number of carbonyl (C=O) groups excluding carboxylic acids is 3. The van der Waals surface area contributed by atoms with E-state index in [4.69, 9.17) is 9.31 Å². The maximum absolute atomic E-state index is 13.7. The van der Waals surface area contributed by atoms with Gasteiger partial charge in [0.1, 0.15) is 5.82 Å². The minimum Gasteiger partial charge on any atom is -0.399 e. The van der Waals surface area contributed by atoms with E-state index in [2.05, 4.69) is 5.32 Å². The Morgan fingerprint density at radius 1 is 1.00 bits per heavy atom. The van der Waals surface area contributed by atoms with Crippen LogP contribution in [0.2, 0.25) is 0 Å². The van der Waals surface area contributed by atoms with Crippen molar-refractivity contribution in [2.24, 2.45) is 0 Å². The molecule has 0 bridgehead atoms. The number of hydrogen-bond donors (Lipinski definition) is 1. The molecule has 3 aliphatic heterocycles. The van der Waals surface area contributed by atoms with Crippen LogP contribution in [0.1, 0.15) is 49.2 Å². The third-order valence-electron chi connectivity index (χ3n) is 7.60. The molecule has 0 radical (unpaired) electrons. The van der Waals surface area contributed by atoms with Crippen LogP contribution < -0.4 is 10.8 Å². The summed E-state index contributed by atoms with van der Waals surface area (Å²) in [7, 11) is 0.819. The van der Waals surface area contributed by atoms with Crippen molar-refractivity contribution >= 4 is 30.4 Å². The molecular weight excluding hydrogens is 452 g/mol. The summed E-state index contributed by atoms with van der Waals surface area (Å²) in [4.78, 5) is 41.4. The fourth-order valence-corrected chi connectivity index (χ4v) is 4.74. The predicted molar refractivity (Wildman–Crippen MR) is 126 cm³/mol. The minimum absolute atomic E-state index is 0.0904. The largest absolute Gasteiger partial charge is 0.494 e. The van der Waals surface area contributed by atoms with E-state index < -0.39 is 41.6 Å². The van der Waals surface area contributed by atoms with Crippen LogP contribution in [0.25, 0.3) is 0 Å². The SMILES string of the molecule is CN1C(=O)N[C@@](CN2Cc3ccc(F)cc3C2=O)(c2ccc(B3OC(C)(C)C(C)(C)O3)cc2)C1=O. The molecule has 3 aliphatic rings. The lowest BCUT2D eigenvalue weighted by Crippen LogP contribution is -2.53. The standard InChI is InChI=1S/C25H27BFN3O5/c1-23(2)24(3,4)35-26(34-23)17-9-7-16(8-10-17)25(21(32)29(5)22(33)28-25)14-30-13-15-6-11-18(27)12-19(15)20(30)31/h6-12H,13-14H2,1-5H3,(H,28,33)/t25-/m0/s1. The van der Waals surface area contributed by atoms with Crippen LogP contribution in [0.5, 0.6) is 0 Å². The number of benzene rings is 2. The Bertz CT molecular complexity index is 1230. The molecule has 1 atom stereocenters. The van der Waals surface area contributed by atoms with E-state index in [9.17, 15) is 18.8 Å². The first-order valence-corrected chi connectivity index (χ1v) is 11.5. The lowest BCUT2D eigenvalue weighted by atomic mass is 9.77. The molecular formula is C25H27BFN3O5. The fraction of sp³-hybridized carbons (Fsp3) is 0.400. The molecule has 4 amide bonds. The number of rotatable bonds is 4. The Balaban J connectivity index is 1.47. The smallest absolute Gasteiger partial charge is 0.399 e. The summed E-state index contributed by atoms with van der Waals surface area (Å²) in [6.45, 7) is 8.00. The lowest BCUT2D eigenvalue weighted by molar-refractivity contribution is -0.131. The first-order chi connectivity index (χ1) is 16.3. The molecule has 5 rings (SSSR count). The van der Waals surface area contributed by atoms with Gasteiger partial charge >= 0.3 is 13.1 Å². The van der Waals surface area contributed by atoms with Crippen LogP contribution in [0.15, 0.2) is 42.5 Å². The Kier molecular flexibility index (Phi) is 5.12. The van der Waals surface area contributed by atoms with Crippen LogP contribution in [0, 0.1) is 5.82 Å². The number of hydrogen-bond acceptors (Lipinski definition) is 5. The van der Waals surface area contributed by atoms with Crippen LogP contribution in [0.3, 0.4) is 0 Å². The third-order valence-corrected chi connectivity index (χ3v) is 7.60. The molecule has 0 aliphatic carbocycles. The Morgan fingerprint density at radius 3 is 2.20 bits per heavy atom. The number of amides is 4. The molecule has 8 nitrogen and oxygen atoms in total. The number of nitrogens with one attached hydrogen (secondary N) is 1. The average molecular weight is 479 g/mol. The minimum atomic E-state index is -1.48. The predicted octanol–water partition coefficient (Wildman–Crippen LogP) is 2.16. The van der Waals surface area contributed by atoms with Gasteiger partial charge in [-0.05, 0) is 56.4 Å². The second-order valence-electron chi connectivity index (χ2n) is 10.4. The van der Waals surface area contributed by atoms with E-state index in [1.54, 1.807) is 30.3 Å². The zero-order valence-electron chi connectivity index (χ0n) is 20.3. The second kappa shape index (κ2) is 7.63. The van der Waals surface area contributed by atoms with Crippen molar-refractivity contribution in [3.63, 3.8) is 0 Å². The van der Waals surface area contributed by atoms with Gasteiger partial charge in [-0.25, -0.2) is 9.18 Å². The number of nitrogens with zero attached hydrogens (tertiary/aromatic N) is 2. The van der Waals surface area contributed by atoms with Gasteiger partial charge in [-0.2, -0.15) is 0 Å². The molecule has 182 valence electrons. The number of carbonyl (C=O) groups is 3. The van der Waals surface area contributed by atoms with Crippen molar-refractivity contribution in [1.82, 2.24) is 15.1 Å². The summed E-state index contributed by atoms with van der Waals surface area (Å²) in [5.41, 5.74) is -0.241. The van der Waals surface area contributed by atoms with Gasteiger partial charge in [-0.3, -0.25) is 14.5 Å². The summed E-state index contributed by atoms with van der Waals surface area (Å²) in [5, 5.41) is 2.79. The Morgan fingerprint density at radius 2 is 1.63 bits per heavy atom. The summed E-state index contributed by atoms with van der Waals surface area (Å²) in [5.74, 6) is -1.36. The first kappa shape index (κ1) is 23.5. The van der Waals surface area contributed by atoms with Crippen LogP contribution in [-0.4, -0.2) is 59.6 Å². The quantitative estimate of drug-likeness (QED) is 0.537. The molecule has 1 N–H and O–H groups in total. The summed E-state index contributed by atoms with van der Waals surface area (Å²) in [6.07, 6.45) is 0. The van der Waals surface area contributed by atoms with Gasteiger partial charge in [0.25, 0.3) is 11.8 Å². The highest BCUT2D eigenvalue weighted by Gasteiger charge is 2.54. The summed E-state index contributed by atoms with van der Waals surface area (Å²) < 4.78 is 25.9. The maximum Gasteiger partial charge on any atom is 0.494 e. The molecule has 2 saturated heterocycles. The number of halogens is 1. The van der Waals surface area contributed by atoms with Gasteiger partial charge in [0.2, 0.25) is 0 Å².